The highest BCUT2D eigenvalue weighted by Crippen LogP contribution is 2.34. The molecule has 0 aliphatic carbocycles. The number of aromatic nitrogens is 2. The molecule has 6 nitrogen and oxygen atoms in total. The molecule has 2 aromatic heterocycles. The Morgan fingerprint density at radius 1 is 1.47 bits per heavy atom. The fourth-order valence-electron chi connectivity index (χ4n) is 3.79. The zero-order chi connectivity index (χ0) is 21.3. The van der Waals surface area contributed by atoms with Gasteiger partial charge in [-0.1, -0.05) is 29.7 Å². The number of aryl methyl sites for hydroxylation is 1. The normalized spacial score (nSPS) is 17.3. The van der Waals surface area contributed by atoms with Crippen molar-refractivity contribution < 1.29 is 13.7 Å². The molecule has 1 aromatic carbocycles. The van der Waals surface area contributed by atoms with Gasteiger partial charge in [-0.3, -0.25) is 15.0 Å². The summed E-state index contributed by atoms with van der Waals surface area (Å²) >= 11 is 7.51. The summed E-state index contributed by atoms with van der Waals surface area (Å²) in [5, 5.41) is 9.24. The molecule has 1 aliphatic heterocycles. The first-order chi connectivity index (χ1) is 14.4. The Morgan fingerprint density at radius 3 is 3.07 bits per heavy atom. The van der Waals surface area contributed by atoms with Gasteiger partial charge >= 0.3 is 0 Å². The number of nitrogens with zero attached hydrogens (tertiary/aromatic N) is 3. The molecule has 158 valence electrons. The second-order valence-electron chi connectivity index (χ2n) is 7.64. The van der Waals surface area contributed by atoms with Gasteiger partial charge in [0.1, 0.15) is 22.8 Å². The van der Waals surface area contributed by atoms with Crippen molar-refractivity contribution in [3.8, 4) is 11.3 Å². The number of nitrogens with one attached hydrogen (secondary N) is 1. The molecular weight excluding hydrogens is 427 g/mol. The highest BCUT2D eigenvalue weighted by atomic mass is 35.5. The molecule has 0 radical (unpaired) electrons. The van der Waals surface area contributed by atoms with E-state index < -0.39 is 11.7 Å². The average molecular weight is 449 g/mol. The summed E-state index contributed by atoms with van der Waals surface area (Å²) in [5.74, 6) is -0.0645. The standard InChI is InChI=1S/C21H22ClFN4O2S/c1-12-5-4-8-27(9-12)10-14-11-30-21(24-14)25-20(28)17-13(2)29-26-19(17)18-15(22)6-3-7-16(18)23/h3,6-7,11-12H,4-5,8-10H2,1-2H3,(H,24,25,28). The fourth-order valence-corrected chi connectivity index (χ4v) is 4.74. The van der Waals surface area contributed by atoms with Crippen LogP contribution in [0.2, 0.25) is 5.02 Å². The van der Waals surface area contributed by atoms with Crippen LogP contribution in [0.3, 0.4) is 0 Å². The molecule has 4 rings (SSSR count). The third-order valence-electron chi connectivity index (χ3n) is 5.19. The first kappa shape index (κ1) is 21.0. The van der Waals surface area contributed by atoms with E-state index >= 15 is 0 Å². The lowest BCUT2D eigenvalue weighted by Crippen LogP contribution is -2.33. The van der Waals surface area contributed by atoms with Crippen LogP contribution < -0.4 is 5.32 Å². The van der Waals surface area contributed by atoms with Crippen molar-refractivity contribution in [3.05, 3.63) is 51.4 Å². The van der Waals surface area contributed by atoms with Gasteiger partial charge in [0.05, 0.1) is 16.3 Å². The third-order valence-corrected chi connectivity index (χ3v) is 6.31. The Bertz CT molecular complexity index is 1050. The number of amides is 1. The number of piperidine rings is 1. The number of hydrogen-bond donors (Lipinski definition) is 1. The minimum Gasteiger partial charge on any atom is -0.360 e. The van der Waals surface area contributed by atoms with Crippen LogP contribution in [0.4, 0.5) is 9.52 Å². The van der Waals surface area contributed by atoms with Crippen molar-refractivity contribution in [2.24, 2.45) is 5.92 Å². The first-order valence-electron chi connectivity index (χ1n) is 9.81. The van der Waals surface area contributed by atoms with Gasteiger partial charge in [-0.2, -0.15) is 0 Å². The van der Waals surface area contributed by atoms with Crippen molar-refractivity contribution in [2.75, 3.05) is 18.4 Å². The van der Waals surface area contributed by atoms with E-state index in [0.29, 0.717) is 11.0 Å². The van der Waals surface area contributed by atoms with E-state index in [-0.39, 0.29) is 27.6 Å². The van der Waals surface area contributed by atoms with E-state index in [4.69, 9.17) is 16.1 Å². The highest BCUT2D eigenvalue weighted by Gasteiger charge is 2.26. The first-order valence-corrected chi connectivity index (χ1v) is 11.1. The van der Waals surface area contributed by atoms with E-state index in [1.165, 1.54) is 36.3 Å². The van der Waals surface area contributed by atoms with Gasteiger partial charge < -0.3 is 4.52 Å². The predicted octanol–water partition coefficient (Wildman–Crippen LogP) is 5.38. The summed E-state index contributed by atoms with van der Waals surface area (Å²) < 4.78 is 19.5. The Kier molecular flexibility index (Phi) is 6.17. The number of carbonyl (C=O) groups is 1. The van der Waals surface area contributed by atoms with Crippen molar-refractivity contribution in [1.82, 2.24) is 15.0 Å². The molecule has 1 saturated heterocycles. The summed E-state index contributed by atoms with van der Waals surface area (Å²) in [5.41, 5.74) is 1.18. The lowest BCUT2D eigenvalue weighted by Gasteiger charge is -2.30. The maximum atomic E-state index is 14.4. The van der Waals surface area contributed by atoms with Crippen LogP contribution in [0.25, 0.3) is 11.3 Å². The van der Waals surface area contributed by atoms with Gasteiger partial charge in [0.25, 0.3) is 5.91 Å². The number of carbonyl (C=O) groups excluding carboxylic acids is 1. The molecule has 1 N–H and O–H groups in total. The van der Waals surface area contributed by atoms with E-state index in [2.05, 4.69) is 27.3 Å². The SMILES string of the molecule is Cc1onc(-c2c(F)cccc2Cl)c1C(=O)Nc1nc(CN2CCCC(C)C2)cs1. The number of thiazole rings is 1. The van der Waals surface area contributed by atoms with Gasteiger partial charge in [-0.15, -0.1) is 11.3 Å². The van der Waals surface area contributed by atoms with Gasteiger partial charge in [-0.05, 0) is 44.4 Å². The minimum atomic E-state index is -0.572. The molecule has 1 atom stereocenters. The van der Waals surface area contributed by atoms with Crippen molar-refractivity contribution in [2.45, 2.75) is 33.2 Å². The Balaban J connectivity index is 1.52. The third kappa shape index (κ3) is 4.40. The van der Waals surface area contributed by atoms with Crippen LogP contribution in [0.15, 0.2) is 28.1 Å². The zero-order valence-electron chi connectivity index (χ0n) is 16.7. The van der Waals surface area contributed by atoms with Crippen molar-refractivity contribution >= 4 is 34.0 Å². The molecule has 1 amide bonds. The number of anilines is 1. The lowest BCUT2D eigenvalue weighted by atomic mass is 10.0. The largest absolute Gasteiger partial charge is 0.360 e. The number of halogens is 2. The van der Waals surface area contributed by atoms with Crippen LogP contribution >= 0.6 is 22.9 Å². The minimum absolute atomic E-state index is 0.0419. The quantitative estimate of drug-likeness (QED) is 0.567. The molecule has 1 fully saturated rings. The molecular formula is C21H22ClFN4O2S. The van der Waals surface area contributed by atoms with E-state index in [0.717, 1.165) is 25.3 Å². The summed E-state index contributed by atoms with van der Waals surface area (Å²) in [7, 11) is 0. The highest BCUT2D eigenvalue weighted by molar-refractivity contribution is 7.14. The maximum Gasteiger partial charge on any atom is 0.263 e. The number of rotatable bonds is 5. The smallest absolute Gasteiger partial charge is 0.263 e. The molecule has 3 heterocycles. The van der Waals surface area contributed by atoms with Crippen LogP contribution in [-0.4, -0.2) is 34.0 Å². The van der Waals surface area contributed by atoms with E-state index in [1.807, 2.05) is 5.38 Å². The Hall–Kier alpha value is -2.29. The maximum absolute atomic E-state index is 14.4. The monoisotopic (exact) mass is 448 g/mol. The Labute approximate surface area is 183 Å². The molecule has 0 saturated carbocycles. The molecule has 0 spiro atoms. The van der Waals surface area contributed by atoms with Gasteiger partial charge in [0.2, 0.25) is 0 Å². The van der Waals surface area contributed by atoms with Crippen LogP contribution in [0.5, 0.6) is 0 Å². The molecule has 0 bridgehead atoms. The number of likely N-dealkylation sites (tertiary alicyclic amines) is 1. The summed E-state index contributed by atoms with van der Waals surface area (Å²) in [6.45, 7) is 6.76. The average Bonchev–Trinajstić information content (AvgIpc) is 3.28. The Morgan fingerprint density at radius 2 is 2.30 bits per heavy atom. The van der Waals surface area contributed by atoms with Gasteiger partial charge in [-0.25, -0.2) is 9.37 Å². The second kappa shape index (κ2) is 8.83. The number of benzene rings is 1. The summed E-state index contributed by atoms with van der Waals surface area (Å²) in [4.78, 5) is 19.9. The van der Waals surface area contributed by atoms with Crippen molar-refractivity contribution in [1.29, 1.82) is 0 Å². The molecule has 1 aliphatic rings. The molecule has 3 aromatic rings. The van der Waals surface area contributed by atoms with E-state index in [1.54, 1.807) is 13.0 Å². The van der Waals surface area contributed by atoms with Crippen molar-refractivity contribution in [3.63, 3.8) is 0 Å². The van der Waals surface area contributed by atoms with Gasteiger partial charge in [0.15, 0.2) is 5.13 Å². The van der Waals surface area contributed by atoms with E-state index in [9.17, 15) is 9.18 Å². The zero-order valence-corrected chi connectivity index (χ0v) is 18.3. The topological polar surface area (TPSA) is 71.3 Å². The summed E-state index contributed by atoms with van der Waals surface area (Å²) in [6, 6.07) is 4.30. The lowest BCUT2D eigenvalue weighted by molar-refractivity contribution is 0.102. The fraction of sp³-hybridized carbons (Fsp3) is 0.381. The number of hydrogen-bond acceptors (Lipinski definition) is 6. The molecule has 1 unspecified atom stereocenters. The van der Waals surface area contributed by atoms with Gasteiger partial charge in [0, 0.05) is 18.5 Å². The van der Waals surface area contributed by atoms with Crippen LogP contribution in [0.1, 0.15) is 41.6 Å². The molecule has 9 heteroatoms. The van der Waals surface area contributed by atoms with Crippen LogP contribution in [0, 0.1) is 18.7 Å². The summed E-state index contributed by atoms with van der Waals surface area (Å²) in [6.07, 6.45) is 2.46. The van der Waals surface area contributed by atoms with Crippen LogP contribution in [-0.2, 0) is 6.54 Å². The second-order valence-corrected chi connectivity index (χ2v) is 8.90. The predicted molar refractivity (Wildman–Crippen MR) is 115 cm³/mol. The molecule has 30 heavy (non-hydrogen) atoms.